The van der Waals surface area contributed by atoms with Gasteiger partial charge in [-0.05, 0) is 94.6 Å². The Morgan fingerprint density at radius 1 is 0.900 bits per heavy atom. The highest BCUT2D eigenvalue weighted by Crippen LogP contribution is 2.61. The fourth-order valence-corrected chi connectivity index (χ4v) is 12.7. The predicted molar refractivity (Wildman–Crippen MR) is 258 cm³/mol. The maximum Gasteiger partial charge on any atom is 0.327 e. The number of rotatable bonds is 14. The summed E-state index contributed by atoms with van der Waals surface area (Å²) in [5.74, 6) is -2.20. The van der Waals surface area contributed by atoms with Crippen molar-refractivity contribution in [3.8, 4) is 0 Å². The number of nitrogens with zero attached hydrogens (tertiary/aromatic N) is 1. The van der Waals surface area contributed by atoms with Crippen LogP contribution in [0.1, 0.15) is 122 Å². The Morgan fingerprint density at radius 2 is 1.61 bits per heavy atom. The first kappa shape index (κ1) is 48.7. The summed E-state index contributed by atoms with van der Waals surface area (Å²) in [6.07, 6.45) is 4.76. The molecule has 70 heavy (non-hydrogen) atoms. The molecular formula is C56H69N3O11. The summed E-state index contributed by atoms with van der Waals surface area (Å²) in [6, 6.07) is 25.7. The van der Waals surface area contributed by atoms with Crippen molar-refractivity contribution in [3.63, 3.8) is 0 Å². The van der Waals surface area contributed by atoms with Crippen molar-refractivity contribution >= 4 is 29.8 Å². The average Bonchev–Trinajstić information content (AvgIpc) is 3.59. The number of hydrogen-bond donors (Lipinski definition) is 3. The molecule has 3 saturated carbocycles. The molecule has 3 aromatic rings. The molecule has 3 aliphatic carbocycles. The minimum atomic E-state index is -1.49. The lowest BCUT2D eigenvalue weighted by atomic mass is 9.52. The van der Waals surface area contributed by atoms with Gasteiger partial charge in [-0.2, -0.15) is 5.06 Å². The van der Waals surface area contributed by atoms with E-state index in [1.165, 1.54) is 5.57 Å². The Hall–Kier alpha value is -4.96. The van der Waals surface area contributed by atoms with E-state index in [0.29, 0.717) is 17.9 Å². The number of benzene rings is 3. The molecule has 11 atom stereocenters. The lowest BCUT2D eigenvalue weighted by Crippen LogP contribution is -2.69. The van der Waals surface area contributed by atoms with Crippen LogP contribution >= 0.6 is 0 Å². The van der Waals surface area contributed by atoms with E-state index in [1.807, 2.05) is 72.8 Å². The van der Waals surface area contributed by atoms with Gasteiger partial charge in [-0.25, -0.2) is 0 Å². The number of ether oxygens (including phenoxy) is 5. The Balaban J connectivity index is 0.920. The zero-order valence-corrected chi connectivity index (χ0v) is 41.3. The van der Waals surface area contributed by atoms with Crippen LogP contribution in [0.5, 0.6) is 0 Å². The quantitative estimate of drug-likeness (QED) is 0.111. The Morgan fingerprint density at radius 3 is 2.30 bits per heavy atom. The number of nitrogens with one attached hydrogen (secondary N) is 2. The fourth-order valence-electron chi connectivity index (χ4n) is 12.7. The van der Waals surface area contributed by atoms with Crippen molar-refractivity contribution in [1.82, 2.24) is 15.7 Å². The first-order chi connectivity index (χ1) is 33.4. The molecule has 0 aromatic heterocycles. The molecule has 7 aliphatic rings. The maximum absolute atomic E-state index is 15.1. The maximum atomic E-state index is 15.1. The zero-order valence-electron chi connectivity index (χ0n) is 41.3. The van der Waals surface area contributed by atoms with Gasteiger partial charge in [-0.15, -0.1) is 0 Å². The molecule has 3 aromatic carbocycles. The van der Waals surface area contributed by atoms with Gasteiger partial charge >= 0.3 is 11.9 Å². The number of amides is 2. The standard InChI is InChI=1S/C56H69N3O11/c1-52(2,3)67-45(62)23-21-39(33-60)58-44(61)25-27-57-51(64)55-31-42-46-47(69-56(68-46,37-16-9-7-10-17-37)38-18-11-8-12-19-38)49(55)70-59(48(55)50(63)65-42)32-35-15-13-14-34(28-35)29-36-20-22-43-54(6,66-43)26-24-41-40(36)30-53(41,4)5/h7-19,28-29,39-43,46-49,60H,20-27,30-33H2,1-6H3,(H,57,64)(H,58,61)/t39-,40+,41+,42+,43?,46-,47-,48-,49+,54+,55-/m0/s1. The number of aliphatic hydroxyl groups excluding tert-OH is 1. The van der Waals surface area contributed by atoms with Gasteiger partial charge in [-0.3, -0.25) is 24.0 Å². The minimum Gasteiger partial charge on any atom is -0.460 e. The second kappa shape index (κ2) is 18.6. The van der Waals surface area contributed by atoms with Crippen LogP contribution in [0.2, 0.25) is 0 Å². The lowest BCUT2D eigenvalue weighted by molar-refractivity contribution is -0.213. The van der Waals surface area contributed by atoms with E-state index in [1.54, 1.807) is 25.8 Å². The monoisotopic (exact) mass is 959 g/mol. The van der Waals surface area contributed by atoms with Crippen molar-refractivity contribution in [2.24, 2.45) is 22.7 Å². The van der Waals surface area contributed by atoms with Crippen molar-refractivity contribution < 1.29 is 52.8 Å². The van der Waals surface area contributed by atoms with Crippen LogP contribution in [0.3, 0.4) is 0 Å². The van der Waals surface area contributed by atoms with Gasteiger partial charge in [0, 0.05) is 36.9 Å². The molecule has 14 heteroatoms. The van der Waals surface area contributed by atoms with E-state index in [0.717, 1.165) is 54.4 Å². The molecule has 10 rings (SSSR count). The molecule has 4 aliphatic heterocycles. The first-order valence-corrected chi connectivity index (χ1v) is 25.4. The number of epoxide rings is 1. The van der Waals surface area contributed by atoms with Crippen LogP contribution in [0.4, 0.5) is 0 Å². The van der Waals surface area contributed by atoms with E-state index in [4.69, 9.17) is 28.5 Å². The molecule has 3 N–H and O–H groups in total. The summed E-state index contributed by atoms with van der Waals surface area (Å²) in [6.45, 7) is 12.1. The van der Waals surface area contributed by atoms with Gasteiger partial charge in [0.1, 0.15) is 35.4 Å². The molecule has 4 saturated heterocycles. The number of hydrogen-bond acceptors (Lipinski definition) is 12. The lowest BCUT2D eigenvalue weighted by Gasteiger charge is -2.53. The highest BCUT2D eigenvalue weighted by molar-refractivity contribution is 5.94. The molecule has 2 bridgehead atoms. The molecule has 0 spiro atoms. The van der Waals surface area contributed by atoms with E-state index in [2.05, 4.69) is 49.6 Å². The predicted octanol–water partition coefficient (Wildman–Crippen LogP) is 7.05. The third-order valence-electron chi connectivity index (χ3n) is 16.3. The van der Waals surface area contributed by atoms with E-state index < -0.39 is 77.1 Å². The number of esters is 2. The SMILES string of the molecule is CC(C)(C)OC(=O)CC[C@@H](CO)NC(=O)CCNC(=O)[C@@]12C[C@H]3OC(=O)[C@@H]1N(Cc1cccc(C=C4CCC5O[C@]5(C)CC[C@@H]5[C@@H]4CC5(C)C)c1)O[C@@H]2[C@H]1OC(c2ccccc2)(c2ccccc2)O[C@H]13. The zero-order chi connectivity index (χ0) is 49.2. The first-order valence-electron chi connectivity index (χ1n) is 25.4. The van der Waals surface area contributed by atoms with Crippen LogP contribution < -0.4 is 10.6 Å². The highest BCUT2D eigenvalue weighted by atomic mass is 16.8. The molecular weight excluding hydrogens is 891 g/mol. The summed E-state index contributed by atoms with van der Waals surface area (Å²) in [4.78, 5) is 62.3. The van der Waals surface area contributed by atoms with Crippen LogP contribution in [-0.2, 0) is 60.0 Å². The molecule has 4 heterocycles. The van der Waals surface area contributed by atoms with Crippen molar-refractivity contribution in [2.75, 3.05) is 13.2 Å². The minimum absolute atomic E-state index is 0.00255. The average molecular weight is 960 g/mol. The van der Waals surface area contributed by atoms with Crippen LogP contribution in [-0.4, -0.2) is 101 Å². The fraction of sp³-hybridized carbons (Fsp3) is 0.571. The summed E-state index contributed by atoms with van der Waals surface area (Å²) < 4.78 is 32.1. The van der Waals surface area contributed by atoms with Crippen LogP contribution in [0, 0.1) is 22.7 Å². The summed E-state index contributed by atoms with van der Waals surface area (Å²) in [5, 5.41) is 17.4. The second-order valence-electron chi connectivity index (χ2n) is 22.7. The Labute approximate surface area is 411 Å². The number of carbonyl (C=O) groups is 4. The molecule has 14 nitrogen and oxygen atoms in total. The number of aliphatic hydroxyl groups is 1. The topological polar surface area (TPSA) is 174 Å². The van der Waals surface area contributed by atoms with E-state index in [9.17, 15) is 19.5 Å². The largest absolute Gasteiger partial charge is 0.460 e. The van der Waals surface area contributed by atoms with Gasteiger partial charge in [-0.1, -0.05) is 110 Å². The van der Waals surface area contributed by atoms with Crippen molar-refractivity contribution in [2.45, 2.75) is 165 Å². The highest BCUT2D eigenvalue weighted by Gasteiger charge is 2.76. The van der Waals surface area contributed by atoms with Gasteiger partial charge in [0.15, 0.2) is 6.04 Å². The Bertz CT molecular complexity index is 2450. The molecule has 1 unspecified atom stereocenters. The third-order valence-corrected chi connectivity index (χ3v) is 16.3. The Kier molecular flexibility index (Phi) is 12.9. The van der Waals surface area contributed by atoms with E-state index >= 15 is 4.79 Å². The summed E-state index contributed by atoms with van der Waals surface area (Å²) in [5.41, 5.74) is 3.04. The second-order valence-corrected chi connectivity index (χ2v) is 22.7. The smallest absolute Gasteiger partial charge is 0.327 e. The number of hydroxylamine groups is 2. The van der Waals surface area contributed by atoms with Gasteiger partial charge in [0.2, 0.25) is 17.6 Å². The number of carbonyl (C=O) groups excluding carboxylic acids is 4. The molecule has 2 amide bonds. The third kappa shape index (κ3) is 9.13. The molecule has 374 valence electrons. The normalized spacial score (nSPS) is 33.4. The van der Waals surface area contributed by atoms with E-state index in [-0.39, 0.29) is 56.4 Å². The van der Waals surface area contributed by atoms with Crippen molar-refractivity contribution in [1.29, 1.82) is 0 Å². The summed E-state index contributed by atoms with van der Waals surface area (Å²) >= 11 is 0. The van der Waals surface area contributed by atoms with Crippen LogP contribution in [0.15, 0.2) is 90.5 Å². The number of fused-ring (bicyclic) bond motifs is 6. The summed E-state index contributed by atoms with van der Waals surface area (Å²) in [7, 11) is 0. The van der Waals surface area contributed by atoms with Gasteiger partial charge < -0.3 is 39.4 Å². The number of allylic oxidation sites excluding steroid dienone is 1. The van der Waals surface area contributed by atoms with Crippen molar-refractivity contribution in [3.05, 3.63) is 113 Å². The molecule has 7 fully saturated rings. The van der Waals surface area contributed by atoms with Gasteiger partial charge in [0.05, 0.1) is 30.9 Å². The van der Waals surface area contributed by atoms with Gasteiger partial charge in [0.25, 0.3) is 0 Å². The molecule has 0 radical (unpaired) electrons. The van der Waals surface area contributed by atoms with Crippen LogP contribution in [0.25, 0.3) is 6.08 Å².